The zero-order valence-corrected chi connectivity index (χ0v) is 13.4. The van der Waals surface area contributed by atoms with Gasteiger partial charge in [0.1, 0.15) is 7.85 Å². The fraction of sp³-hybridized carbons (Fsp3) is 1.00. The van der Waals surface area contributed by atoms with Gasteiger partial charge in [0.25, 0.3) is 0 Å². The van der Waals surface area contributed by atoms with Crippen molar-refractivity contribution in [3.63, 3.8) is 0 Å². The summed E-state index contributed by atoms with van der Waals surface area (Å²) in [5.41, 5.74) is 0. The normalized spacial score (nSPS) is 46.9. The summed E-state index contributed by atoms with van der Waals surface area (Å²) in [5, 5.41) is 0. The zero-order valence-electron chi connectivity index (χ0n) is 13.4. The molecule has 0 aromatic carbocycles. The maximum absolute atomic E-state index is 3.13. The second kappa shape index (κ2) is 5.67. The van der Waals surface area contributed by atoms with E-state index in [1.54, 1.807) is 12.8 Å². The molecule has 112 valence electrons. The van der Waals surface area contributed by atoms with Crippen LogP contribution >= 0.6 is 0 Å². The number of rotatable bonds is 1. The molecule has 1 heterocycles. The molecule has 4 aliphatic rings. The summed E-state index contributed by atoms with van der Waals surface area (Å²) < 4.78 is 0. The van der Waals surface area contributed by atoms with Gasteiger partial charge >= 0.3 is 0 Å². The maximum atomic E-state index is 3.13. The highest BCUT2D eigenvalue weighted by Crippen LogP contribution is 2.52. The van der Waals surface area contributed by atoms with Crippen LogP contribution in [0.2, 0.25) is 5.82 Å². The zero-order chi connectivity index (χ0) is 13.5. The minimum atomic E-state index is 0.967. The number of likely N-dealkylation sites (tertiary alicyclic amines) is 1. The third-order valence-electron chi connectivity index (χ3n) is 7.22. The Morgan fingerprint density at radius 2 is 1.35 bits per heavy atom. The molecule has 0 aromatic heterocycles. The lowest BCUT2D eigenvalue weighted by molar-refractivity contribution is 0.0654. The van der Waals surface area contributed by atoms with E-state index < -0.39 is 0 Å². The molecule has 5 atom stereocenters. The van der Waals surface area contributed by atoms with Crippen molar-refractivity contribution in [1.29, 1.82) is 0 Å². The Labute approximate surface area is 126 Å². The van der Waals surface area contributed by atoms with Crippen molar-refractivity contribution in [2.45, 2.75) is 101 Å². The highest BCUT2D eigenvalue weighted by molar-refractivity contribution is 6.11. The molecule has 0 aromatic rings. The molecule has 5 unspecified atom stereocenters. The SMILES string of the molecule is BC1CCC2C3CCCCC3N(C3CCCCC3)C2C1. The molecule has 3 aliphatic carbocycles. The molecule has 0 N–H and O–H groups in total. The molecular formula is C18H32BN. The highest BCUT2D eigenvalue weighted by Gasteiger charge is 2.52. The molecule has 0 radical (unpaired) electrons. The third-order valence-corrected chi connectivity index (χ3v) is 7.22. The van der Waals surface area contributed by atoms with E-state index in [0.29, 0.717) is 0 Å². The second-order valence-electron chi connectivity index (χ2n) is 8.40. The number of hydrogen-bond acceptors (Lipinski definition) is 1. The van der Waals surface area contributed by atoms with E-state index in [1.165, 1.54) is 64.2 Å². The van der Waals surface area contributed by atoms with Crippen molar-refractivity contribution in [2.24, 2.45) is 11.8 Å². The van der Waals surface area contributed by atoms with Crippen LogP contribution in [0.3, 0.4) is 0 Å². The van der Waals surface area contributed by atoms with Gasteiger partial charge in [0, 0.05) is 18.1 Å². The van der Waals surface area contributed by atoms with Crippen molar-refractivity contribution < 1.29 is 0 Å². The minimum Gasteiger partial charge on any atom is -0.294 e. The molecule has 2 heteroatoms. The molecule has 1 nitrogen and oxygen atoms in total. The van der Waals surface area contributed by atoms with Gasteiger partial charge in [0.05, 0.1) is 0 Å². The summed E-state index contributed by atoms with van der Waals surface area (Å²) in [5.74, 6) is 3.16. The van der Waals surface area contributed by atoms with E-state index in [2.05, 4.69) is 12.7 Å². The van der Waals surface area contributed by atoms with Crippen molar-refractivity contribution in [2.75, 3.05) is 0 Å². The quantitative estimate of drug-likeness (QED) is 0.657. The van der Waals surface area contributed by atoms with E-state index in [9.17, 15) is 0 Å². The van der Waals surface area contributed by atoms with E-state index >= 15 is 0 Å². The largest absolute Gasteiger partial charge is 0.294 e. The number of fused-ring (bicyclic) bond motifs is 3. The van der Waals surface area contributed by atoms with Crippen LogP contribution < -0.4 is 0 Å². The monoisotopic (exact) mass is 273 g/mol. The Hall–Kier alpha value is 0.0249. The lowest BCUT2D eigenvalue weighted by atomic mass is 9.66. The van der Waals surface area contributed by atoms with Gasteiger partial charge in [-0.15, -0.1) is 0 Å². The van der Waals surface area contributed by atoms with Gasteiger partial charge in [-0.25, -0.2) is 0 Å². The Morgan fingerprint density at radius 3 is 2.20 bits per heavy atom. The Balaban J connectivity index is 1.59. The van der Waals surface area contributed by atoms with Gasteiger partial charge in [-0.2, -0.15) is 0 Å². The topological polar surface area (TPSA) is 3.24 Å². The van der Waals surface area contributed by atoms with Crippen LogP contribution in [-0.2, 0) is 0 Å². The summed E-state index contributed by atoms with van der Waals surface area (Å²) in [4.78, 5) is 3.13. The molecule has 0 bridgehead atoms. The van der Waals surface area contributed by atoms with E-state index in [0.717, 1.165) is 35.8 Å². The predicted octanol–water partition coefficient (Wildman–Crippen LogP) is 3.78. The summed E-state index contributed by atoms with van der Waals surface area (Å²) in [6, 6.07) is 2.94. The van der Waals surface area contributed by atoms with Crippen molar-refractivity contribution in [3.8, 4) is 0 Å². The van der Waals surface area contributed by atoms with E-state index in [-0.39, 0.29) is 0 Å². The molecule has 1 saturated heterocycles. The first-order valence-electron chi connectivity index (χ1n) is 9.62. The van der Waals surface area contributed by atoms with Gasteiger partial charge < -0.3 is 0 Å². The lowest BCUT2D eigenvalue weighted by Crippen LogP contribution is -2.47. The van der Waals surface area contributed by atoms with Crippen LogP contribution in [0.5, 0.6) is 0 Å². The highest BCUT2D eigenvalue weighted by atomic mass is 15.3. The van der Waals surface area contributed by atoms with Crippen LogP contribution in [0, 0.1) is 11.8 Å². The summed E-state index contributed by atoms with van der Waals surface area (Å²) in [6.07, 6.45) is 18.3. The molecule has 0 spiro atoms. The minimum absolute atomic E-state index is 0.967. The lowest BCUT2D eigenvalue weighted by Gasteiger charge is -2.43. The molecule has 20 heavy (non-hydrogen) atoms. The van der Waals surface area contributed by atoms with Crippen LogP contribution in [-0.4, -0.2) is 30.9 Å². The summed E-state index contributed by atoms with van der Waals surface area (Å²) in [6.45, 7) is 0. The van der Waals surface area contributed by atoms with Gasteiger partial charge in [-0.1, -0.05) is 44.3 Å². The first kappa shape index (κ1) is 13.7. The van der Waals surface area contributed by atoms with Crippen LogP contribution in [0.4, 0.5) is 0 Å². The first-order valence-corrected chi connectivity index (χ1v) is 9.62. The molecule has 1 aliphatic heterocycles. The predicted molar refractivity (Wildman–Crippen MR) is 87.9 cm³/mol. The molecule has 4 fully saturated rings. The van der Waals surface area contributed by atoms with Crippen molar-refractivity contribution in [1.82, 2.24) is 4.90 Å². The molecule has 4 rings (SSSR count). The average molecular weight is 273 g/mol. The van der Waals surface area contributed by atoms with Gasteiger partial charge in [-0.05, 0) is 50.4 Å². The number of hydrogen-bond donors (Lipinski definition) is 0. The van der Waals surface area contributed by atoms with Crippen molar-refractivity contribution in [3.05, 3.63) is 0 Å². The summed E-state index contributed by atoms with van der Waals surface area (Å²) in [7, 11) is 2.51. The Bertz CT molecular complexity index is 338. The molecule has 0 amide bonds. The molecular weight excluding hydrogens is 241 g/mol. The maximum Gasteiger partial charge on any atom is 0.105 e. The van der Waals surface area contributed by atoms with E-state index in [1.807, 2.05) is 0 Å². The molecule has 3 saturated carbocycles. The van der Waals surface area contributed by atoms with Crippen LogP contribution in [0.15, 0.2) is 0 Å². The van der Waals surface area contributed by atoms with Crippen LogP contribution in [0.25, 0.3) is 0 Å². The van der Waals surface area contributed by atoms with Crippen molar-refractivity contribution >= 4 is 7.85 Å². The van der Waals surface area contributed by atoms with Crippen LogP contribution in [0.1, 0.15) is 77.0 Å². The smallest absolute Gasteiger partial charge is 0.105 e. The fourth-order valence-electron chi connectivity index (χ4n) is 6.39. The van der Waals surface area contributed by atoms with Gasteiger partial charge in [-0.3, -0.25) is 4.90 Å². The average Bonchev–Trinajstić information content (AvgIpc) is 2.81. The second-order valence-corrected chi connectivity index (χ2v) is 8.40. The van der Waals surface area contributed by atoms with E-state index in [4.69, 9.17) is 0 Å². The Kier molecular flexibility index (Phi) is 3.87. The Morgan fingerprint density at radius 1 is 0.650 bits per heavy atom. The third kappa shape index (κ3) is 2.27. The standard InChI is InChI=1S/C18H32BN/c19-13-10-11-16-15-8-4-5-9-17(15)20(18(16)12-13)14-6-2-1-3-7-14/h13-18H,1-12,19H2. The summed E-state index contributed by atoms with van der Waals surface area (Å²) >= 11 is 0. The van der Waals surface area contributed by atoms with Gasteiger partial charge in [0.2, 0.25) is 0 Å². The van der Waals surface area contributed by atoms with Gasteiger partial charge in [0.15, 0.2) is 0 Å². The fourth-order valence-corrected chi connectivity index (χ4v) is 6.39. The number of nitrogens with zero attached hydrogens (tertiary/aromatic N) is 1. The first-order chi connectivity index (χ1) is 9.84.